The summed E-state index contributed by atoms with van der Waals surface area (Å²) in [6, 6.07) is 14.8. The third kappa shape index (κ3) is 4.42. The van der Waals surface area contributed by atoms with E-state index in [4.69, 9.17) is 9.40 Å². The van der Waals surface area contributed by atoms with Crippen LogP contribution in [0.2, 0.25) is 0 Å². The minimum absolute atomic E-state index is 0.108. The van der Waals surface area contributed by atoms with Crippen molar-refractivity contribution in [3.05, 3.63) is 54.0 Å². The number of furan rings is 1. The lowest BCUT2D eigenvalue weighted by Crippen LogP contribution is -2.49. The normalized spacial score (nSPS) is 15.3. The Bertz CT molecular complexity index is 1040. The lowest BCUT2D eigenvalue weighted by Gasteiger charge is -2.38. The molecule has 6 nitrogen and oxygen atoms in total. The first-order chi connectivity index (χ1) is 14.4. The van der Waals surface area contributed by atoms with Crippen molar-refractivity contribution in [2.24, 2.45) is 0 Å². The Morgan fingerprint density at radius 3 is 2.60 bits per heavy atom. The molecular formula is C24H29N5O. The van der Waals surface area contributed by atoms with E-state index in [9.17, 15) is 5.26 Å². The molecule has 3 heterocycles. The monoisotopic (exact) mass is 403 g/mol. The van der Waals surface area contributed by atoms with Gasteiger partial charge in [0.25, 0.3) is 0 Å². The summed E-state index contributed by atoms with van der Waals surface area (Å²) >= 11 is 0. The van der Waals surface area contributed by atoms with E-state index in [0.717, 1.165) is 48.3 Å². The smallest absolute Gasteiger partial charge is 0.147 e. The van der Waals surface area contributed by atoms with Crippen LogP contribution in [0.25, 0.3) is 10.9 Å². The molecule has 30 heavy (non-hydrogen) atoms. The molecule has 1 fully saturated rings. The third-order valence-electron chi connectivity index (χ3n) is 5.44. The van der Waals surface area contributed by atoms with Crippen LogP contribution in [0.3, 0.4) is 0 Å². The summed E-state index contributed by atoms with van der Waals surface area (Å²) in [4.78, 5) is 7.10. The Kier molecular flexibility index (Phi) is 5.65. The first kappa shape index (κ1) is 20.2. The first-order valence-corrected chi connectivity index (χ1v) is 10.6. The van der Waals surface area contributed by atoms with E-state index < -0.39 is 0 Å². The molecular weight excluding hydrogens is 374 g/mol. The molecule has 1 saturated heterocycles. The number of nitrogens with zero attached hydrogens (tertiary/aromatic N) is 3. The van der Waals surface area contributed by atoms with Crippen LogP contribution in [0.5, 0.6) is 0 Å². The van der Waals surface area contributed by atoms with Crippen molar-refractivity contribution in [1.29, 1.82) is 5.26 Å². The SMILES string of the molecule is CC(C)(C)NC1CCN(c2c(C#N)c(NCc3ccco3)nc3ccccc23)CC1. The summed E-state index contributed by atoms with van der Waals surface area (Å²) in [5, 5.41) is 18.1. The molecule has 0 bridgehead atoms. The molecule has 0 atom stereocenters. The van der Waals surface area contributed by atoms with Crippen molar-refractivity contribution in [2.75, 3.05) is 23.3 Å². The van der Waals surface area contributed by atoms with Gasteiger partial charge in [-0.3, -0.25) is 0 Å². The van der Waals surface area contributed by atoms with E-state index in [1.807, 2.05) is 30.3 Å². The molecule has 0 radical (unpaired) electrons. The van der Waals surface area contributed by atoms with Gasteiger partial charge in [-0.15, -0.1) is 0 Å². The van der Waals surface area contributed by atoms with Crippen molar-refractivity contribution in [2.45, 2.75) is 51.7 Å². The van der Waals surface area contributed by atoms with E-state index in [0.29, 0.717) is 24.0 Å². The number of pyridine rings is 1. The number of rotatable bonds is 5. The number of piperidine rings is 1. The van der Waals surface area contributed by atoms with E-state index in [1.54, 1.807) is 6.26 Å². The van der Waals surface area contributed by atoms with Gasteiger partial charge in [0.1, 0.15) is 23.2 Å². The molecule has 3 aromatic rings. The van der Waals surface area contributed by atoms with Crippen LogP contribution in [0.1, 0.15) is 44.9 Å². The second-order valence-electron chi connectivity index (χ2n) is 8.90. The fourth-order valence-electron chi connectivity index (χ4n) is 4.20. The minimum atomic E-state index is 0.108. The van der Waals surface area contributed by atoms with Crippen LogP contribution in [0.15, 0.2) is 47.1 Å². The quantitative estimate of drug-likeness (QED) is 0.645. The molecule has 0 aliphatic carbocycles. The molecule has 4 rings (SSSR count). The molecule has 0 unspecified atom stereocenters. The number of fused-ring (bicyclic) bond motifs is 1. The van der Waals surface area contributed by atoms with Gasteiger partial charge in [0.15, 0.2) is 0 Å². The largest absolute Gasteiger partial charge is 0.467 e. The number of nitriles is 1. The standard InChI is InChI=1S/C24H29N5O/c1-24(2,3)28-17-10-12-29(13-11-17)22-19-8-4-5-9-21(19)27-23(20(22)15-25)26-16-18-7-6-14-30-18/h4-9,14,17,28H,10-13,16H2,1-3H3,(H,26,27). The molecule has 0 spiro atoms. The van der Waals surface area contributed by atoms with Gasteiger partial charge >= 0.3 is 0 Å². The molecule has 0 amide bonds. The van der Waals surface area contributed by atoms with Gasteiger partial charge < -0.3 is 20.0 Å². The Morgan fingerprint density at radius 2 is 1.93 bits per heavy atom. The number of anilines is 2. The van der Waals surface area contributed by atoms with Crippen LogP contribution < -0.4 is 15.5 Å². The second kappa shape index (κ2) is 8.37. The van der Waals surface area contributed by atoms with Crippen molar-refractivity contribution in [3.8, 4) is 6.07 Å². The van der Waals surface area contributed by atoms with E-state index in [2.05, 4.69) is 48.4 Å². The molecule has 0 saturated carbocycles. The molecule has 2 aromatic heterocycles. The number of para-hydroxylation sites is 1. The summed E-state index contributed by atoms with van der Waals surface area (Å²) in [7, 11) is 0. The summed E-state index contributed by atoms with van der Waals surface area (Å²) < 4.78 is 5.42. The zero-order chi connectivity index (χ0) is 21.1. The minimum Gasteiger partial charge on any atom is -0.467 e. The third-order valence-corrected chi connectivity index (χ3v) is 5.44. The van der Waals surface area contributed by atoms with Gasteiger partial charge in [0, 0.05) is 30.1 Å². The van der Waals surface area contributed by atoms with Gasteiger partial charge in [0.05, 0.1) is 24.0 Å². The van der Waals surface area contributed by atoms with Gasteiger partial charge in [0.2, 0.25) is 0 Å². The zero-order valence-electron chi connectivity index (χ0n) is 17.9. The van der Waals surface area contributed by atoms with Gasteiger partial charge in [-0.05, 0) is 51.8 Å². The lowest BCUT2D eigenvalue weighted by atomic mass is 9.98. The summed E-state index contributed by atoms with van der Waals surface area (Å²) in [5.74, 6) is 1.42. The first-order valence-electron chi connectivity index (χ1n) is 10.6. The van der Waals surface area contributed by atoms with Crippen LogP contribution in [-0.2, 0) is 6.54 Å². The molecule has 2 N–H and O–H groups in total. The van der Waals surface area contributed by atoms with Gasteiger partial charge in [-0.1, -0.05) is 18.2 Å². The summed E-state index contributed by atoms with van der Waals surface area (Å²) in [5.41, 5.74) is 2.59. The highest BCUT2D eigenvalue weighted by molar-refractivity contribution is 5.97. The number of benzene rings is 1. The van der Waals surface area contributed by atoms with Gasteiger partial charge in [-0.25, -0.2) is 4.98 Å². The maximum Gasteiger partial charge on any atom is 0.147 e. The molecule has 6 heteroatoms. The maximum absolute atomic E-state index is 10.1. The van der Waals surface area contributed by atoms with E-state index >= 15 is 0 Å². The number of aromatic nitrogens is 1. The molecule has 1 aliphatic heterocycles. The highest BCUT2D eigenvalue weighted by atomic mass is 16.3. The predicted molar refractivity (Wildman–Crippen MR) is 121 cm³/mol. The Morgan fingerprint density at radius 1 is 1.17 bits per heavy atom. The molecule has 1 aromatic carbocycles. The number of nitrogens with one attached hydrogen (secondary N) is 2. The summed E-state index contributed by atoms with van der Waals surface area (Å²) in [6.45, 7) is 8.94. The predicted octanol–water partition coefficient (Wildman–Crippen LogP) is 4.67. The van der Waals surface area contributed by atoms with Crippen molar-refractivity contribution < 1.29 is 4.42 Å². The van der Waals surface area contributed by atoms with Crippen LogP contribution in [0, 0.1) is 11.3 Å². The number of hydrogen-bond acceptors (Lipinski definition) is 6. The van der Waals surface area contributed by atoms with Crippen LogP contribution >= 0.6 is 0 Å². The number of hydrogen-bond donors (Lipinski definition) is 2. The molecule has 1 aliphatic rings. The van der Waals surface area contributed by atoms with Crippen LogP contribution in [0.4, 0.5) is 11.5 Å². The van der Waals surface area contributed by atoms with Crippen molar-refractivity contribution in [3.63, 3.8) is 0 Å². The highest BCUT2D eigenvalue weighted by Gasteiger charge is 2.27. The molecule has 156 valence electrons. The van der Waals surface area contributed by atoms with E-state index in [1.165, 1.54) is 0 Å². The Hall–Kier alpha value is -3.04. The maximum atomic E-state index is 10.1. The highest BCUT2D eigenvalue weighted by Crippen LogP contribution is 2.35. The van der Waals surface area contributed by atoms with Gasteiger partial charge in [-0.2, -0.15) is 5.26 Å². The average Bonchev–Trinajstić information content (AvgIpc) is 3.24. The van der Waals surface area contributed by atoms with Crippen molar-refractivity contribution in [1.82, 2.24) is 10.3 Å². The fraction of sp³-hybridized carbons (Fsp3) is 0.417. The van der Waals surface area contributed by atoms with Crippen molar-refractivity contribution >= 4 is 22.4 Å². The summed E-state index contributed by atoms with van der Waals surface area (Å²) in [6.07, 6.45) is 3.75. The average molecular weight is 404 g/mol. The fourth-order valence-corrected chi connectivity index (χ4v) is 4.20. The van der Waals surface area contributed by atoms with Crippen LogP contribution in [-0.4, -0.2) is 29.7 Å². The second-order valence-corrected chi connectivity index (χ2v) is 8.90. The Labute approximate surface area is 177 Å². The zero-order valence-corrected chi connectivity index (χ0v) is 17.9. The topological polar surface area (TPSA) is 77.1 Å². The van der Waals surface area contributed by atoms with E-state index in [-0.39, 0.29) is 5.54 Å². The Balaban J connectivity index is 1.65. The lowest BCUT2D eigenvalue weighted by molar-refractivity contribution is 0.317.